The number of carboxylic acid groups (broad SMARTS) is 1. The first-order valence-corrected chi connectivity index (χ1v) is 3.64. The van der Waals surface area contributed by atoms with E-state index in [1.807, 2.05) is 0 Å². The molecule has 0 radical (unpaired) electrons. The van der Waals surface area contributed by atoms with Gasteiger partial charge in [-0.05, 0) is 0 Å². The van der Waals surface area contributed by atoms with Crippen molar-refractivity contribution in [3.63, 3.8) is 0 Å². The van der Waals surface area contributed by atoms with E-state index >= 15 is 0 Å². The highest BCUT2D eigenvalue weighted by molar-refractivity contribution is 5.90. The summed E-state index contributed by atoms with van der Waals surface area (Å²) in [6, 6.07) is 0. The number of nitrogens with one attached hydrogen (secondary N) is 1. The van der Waals surface area contributed by atoms with Gasteiger partial charge < -0.3 is 10.4 Å². The van der Waals surface area contributed by atoms with Crippen molar-refractivity contribution in [2.24, 2.45) is 0 Å². The molecule has 1 aromatic rings. The van der Waals surface area contributed by atoms with Gasteiger partial charge in [-0.15, -0.1) is 6.58 Å². The number of anilines is 1. The van der Waals surface area contributed by atoms with Gasteiger partial charge in [0, 0.05) is 18.9 Å². The maximum absolute atomic E-state index is 10.6. The first kappa shape index (κ1) is 9.18. The van der Waals surface area contributed by atoms with E-state index in [0.29, 0.717) is 6.54 Å². The van der Waals surface area contributed by atoms with Gasteiger partial charge in [0.15, 0.2) is 11.5 Å². The van der Waals surface area contributed by atoms with Crippen LogP contribution in [-0.2, 0) is 0 Å². The predicted molar refractivity (Wildman–Crippen MR) is 47.7 cm³/mol. The Balaban J connectivity index is 2.90. The topological polar surface area (TPSA) is 75.1 Å². The summed E-state index contributed by atoms with van der Waals surface area (Å²) in [5.74, 6) is -0.838. The maximum Gasteiger partial charge on any atom is 0.358 e. The van der Waals surface area contributed by atoms with E-state index in [0.717, 1.165) is 0 Å². The van der Waals surface area contributed by atoms with E-state index < -0.39 is 5.97 Å². The summed E-state index contributed by atoms with van der Waals surface area (Å²) in [5, 5.41) is 11.5. The van der Waals surface area contributed by atoms with Crippen molar-refractivity contribution in [1.29, 1.82) is 0 Å². The van der Waals surface area contributed by atoms with Gasteiger partial charge in [0.2, 0.25) is 0 Å². The van der Waals surface area contributed by atoms with Crippen LogP contribution < -0.4 is 5.32 Å². The smallest absolute Gasteiger partial charge is 0.358 e. The molecule has 0 saturated carbocycles. The Hall–Kier alpha value is -1.91. The van der Waals surface area contributed by atoms with Crippen molar-refractivity contribution in [3.05, 3.63) is 30.7 Å². The van der Waals surface area contributed by atoms with E-state index in [1.54, 1.807) is 6.08 Å². The minimum absolute atomic E-state index is 0.0793. The van der Waals surface area contributed by atoms with Crippen LogP contribution in [-0.4, -0.2) is 27.6 Å². The highest BCUT2D eigenvalue weighted by Crippen LogP contribution is 2.06. The van der Waals surface area contributed by atoms with Crippen molar-refractivity contribution in [1.82, 2.24) is 9.97 Å². The number of aromatic carboxylic acids is 1. The number of carbonyl (C=O) groups is 1. The summed E-state index contributed by atoms with van der Waals surface area (Å²) >= 11 is 0. The zero-order valence-corrected chi connectivity index (χ0v) is 6.90. The molecule has 1 heterocycles. The standard InChI is InChI=1S/C8H9N3O2/c1-2-3-10-7-6(8(12)13)9-4-5-11-7/h2,4-5H,1,3H2,(H,10,11)(H,12,13). The van der Waals surface area contributed by atoms with Crippen molar-refractivity contribution in [3.8, 4) is 0 Å². The lowest BCUT2D eigenvalue weighted by atomic mass is 10.4. The Kier molecular flexibility index (Phi) is 2.97. The van der Waals surface area contributed by atoms with Crippen molar-refractivity contribution < 1.29 is 9.90 Å². The average Bonchev–Trinajstić information content (AvgIpc) is 2.15. The second-order valence-electron chi connectivity index (χ2n) is 2.23. The molecule has 1 rings (SSSR count). The second-order valence-corrected chi connectivity index (χ2v) is 2.23. The molecule has 0 atom stereocenters. The van der Waals surface area contributed by atoms with Gasteiger partial charge in [0.05, 0.1) is 0 Å². The fourth-order valence-corrected chi connectivity index (χ4v) is 0.793. The van der Waals surface area contributed by atoms with Crippen LogP contribution >= 0.6 is 0 Å². The zero-order chi connectivity index (χ0) is 9.68. The molecule has 0 saturated heterocycles. The number of hydrogen-bond acceptors (Lipinski definition) is 4. The van der Waals surface area contributed by atoms with Gasteiger partial charge in [0.1, 0.15) is 0 Å². The number of nitrogens with zero attached hydrogens (tertiary/aromatic N) is 2. The summed E-state index contributed by atoms with van der Waals surface area (Å²) in [5.41, 5.74) is -0.0793. The number of hydrogen-bond donors (Lipinski definition) is 2. The molecular formula is C8H9N3O2. The van der Waals surface area contributed by atoms with Crippen LogP contribution in [0.1, 0.15) is 10.5 Å². The van der Waals surface area contributed by atoms with E-state index in [2.05, 4.69) is 21.9 Å². The summed E-state index contributed by atoms with van der Waals surface area (Å²) < 4.78 is 0. The molecule has 5 heteroatoms. The SMILES string of the molecule is C=CCNc1nccnc1C(=O)O. The summed E-state index contributed by atoms with van der Waals surface area (Å²) in [4.78, 5) is 18.1. The second kappa shape index (κ2) is 4.20. The van der Waals surface area contributed by atoms with Crippen molar-refractivity contribution >= 4 is 11.8 Å². The first-order valence-electron chi connectivity index (χ1n) is 3.64. The number of rotatable bonds is 4. The molecule has 0 aliphatic rings. The van der Waals surface area contributed by atoms with Gasteiger partial charge in [-0.1, -0.05) is 6.08 Å². The molecule has 68 valence electrons. The summed E-state index contributed by atoms with van der Waals surface area (Å²) in [7, 11) is 0. The molecule has 0 fully saturated rings. The molecule has 0 unspecified atom stereocenters. The zero-order valence-electron chi connectivity index (χ0n) is 6.90. The molecule has 0 aliphatic heterocycles. The van der Waals surface area contributed by atoms with E-state index in [9.17, 15) is 4.79 Å². The van der Waals surface area contributed by atoms with Gasteiger partial charge in [-0.2, -0.15) is 0 Å². The number of carboxylic acids is 1. The van der Waals surface area contributed by atoms with Gasteiger partial charge in [-0.25, -0.2) is 14.8 Å². The van der Waals surface area contributed by atoms with Crippen LogP contribution in [0.25, 0.3) is 0 Å². The molecule has 1 aromatic heterocycles. The molecule has 0 spiro atoms. The third-order valence-electron chi connectivity index (χ3n) is 1.31. The van der Waals surface area contributed by atoms with Crippen LogP contribution in [0.15, 0.2) is 25.0 Å². The monoisotopic (exact) mass is 179 g/mol. The Labute approximate surface area is 75.1 Å². The Bertz CT molecular complexity index is 325. The highest BCUT2D eigenvalue weighted by atomic mass is 16.4. The fraction of sp³-hybridized carbons (Fsp3) is 0.125. The predicted octanol–water partition coefficient (Wildman–Crippen LogP) is 0.773. The quantitative estimate of drug-likeness (QED) is 0.668. The first-order chi connectivity index (χ1) is 6.25. The average molecular weight is 179 g/mol. The van der Waals surface area contributed by atoms with E-state index in [1.165, 1.54) is 12.4 Å². The van der Waals surface area contributed by atoms with Crippen LogP contribution in [0.3, 0.4) is 0 Å². The Morgan fingerprint density at radius 3 is 2.92 bits per heavy atom. The Morgan fingerprint density at radius 2 is 2.31 bits per heavy atom. The largest absolute Gasteiger partial charge is 0.476 e. The van der Waals surface area contributed by atoms with Gasteiger partial charge in [0.25, 0.3) is 0 Å². The maximum atomic E-state index is 10.6. The van der Waals surface area contributed by atoms with Crippen molar-refractivity contribution in [2.45, 2.75) is 0 Å². The van der Waals surface area contributed by atoms with Crippen LogP contribution in [0.4, 0.5) is 5.82 Å². The van der Waals surface area contributed by atoms with Gasteiger partial charge in [-0.3, -0.25) is 0 Å². The lowest BCUT2D eigenvalue weighted by molar-refractivity contribution is 0.0691. The lowest BCUT2D eigenvalue weighted by Crippen LogP contribution is -2.09. The normalized spacial score (nSPS) is 9.23. The van der Waals surface area contributed by atoms with Gasteiger partial charge >= 0.3 is 5.97 Å². The van der Waals surface area contributed by atoms with Crippen LogP contribution in [0.2, 0.25) is 0 Å². The third-order valence-corrected chi connectivity index (χ3v) is 1.31. The minimum atomic E-state index is -1.10. The molecule has 0 bridgehead atoms. The lowest BCUT2D eigenvalue weighted by Gasteiger charge is -2.03. The molecule has 5 nitrogen and oxygen atoms in total. The van der Waals surface area contributed by atoms with Crippen LogP contribution in [0, 0.1) is 0 Å². The molecule has 0 amide bonds. The third kappa shape index (κ3) is 2.26. The molecule has 13 heavy (non-hydrogen) atoms. The molecule has 0 aromatic carbocycles. The van der Waals surface area contributed by atoms with Crippen molar-refractivity contribution in [2.75, 3.05) is 11.9 Å². The Morgan fingerprint density at radius 1 is 1.62 bits per heavy atom. The molecular weight excluding hydrogens is 170 g/mol. The van der Waals surface area contributed by atoms with E-state index in [4.69, 9.17) is 5.11 Å². The summed E-state index contributed by atoms with van der Waals surface area (Å²) in [6.45, 7) is 3.95. The van der Waals surface area contributed by atoms with Crippen LogP contribution in [0.5, 0.6) is 0 Å². The minimum Gasteiger partial charge on any atom is -0.476 e. The number of aromatic nitrogens is 2. The summed E-state index contributed by atoms with van der Waals surface area (Å²) in [6.07, 6.45) is 4.38. The fourth-order valence-electron chi connectivity index (χ4n) is 0.793. The highest BCUT2D eigenvalue weighted by Gasteiger charge is 2.10. The van der Waals surface area contributed by atoms with E-state index in [-0.39, 0.29) is 11.5 Å². The molecule has 0 aliphatic carbocycles. The molecule has 2 N–H and O–H groups in total.